The number of halogens is 1. The van der Waals surface area contributed by atoms with Gasteiger partial charge in [-0.2, -0.15) is 0 Å². The first kappa shape index (κ1) is 11.3. The quantitative estimate of drug-likeness (QED) is 0.733. The fraction of sp³-hybridized carbons (Fsp3) is 0.455. The van der Waals surface area contributed by atoms with Gasteiger partial charge in [-0.3, -0.25) is 0 Å². The van der Waals surface area contributed by atoms with Crippen LogP contribution in [-0.4, -0.2) is 20.3 Å². The molecule has 0 spiro atoms. The largest absolute Gasteiger partial charge is 0.385 e. The zero-order valence-corrected chi connectivity index (χ0v) is 9.18. The SMILES string of the molecule is COCCCCNc1ccccc1Cl. The fourth-order valence-corrected chi connectivity index (χ4v) is 1.40. The van der Waals surface area contributed by atoms with Crippen LogP contribution in [-0.2, 0) is 4.74 Å². The Hall–Kier alpha value is -0.730. The second-order valence-corrected chi connectivity index (χ2v) is 3.51. The second-order valence-electron chi connectivity index (χ2n) is 3.11. The number of methoxy groups -OCH3 is 1. The van der Waals surface area contributed by atoms with Crippen LogP contribution in [0.4, 0.5) is 5.69 Å². The van der Waals surface area contributed by atoms with E-state index in [1.165, 1.54) is 0 Å². The number of hydrogen-bond donors (Lipinski definition) is 1. The molecule has 0 atom stereocenters. The molecule has 0 aliphatic rings. The summed E-state index contributed by atoms with van der Waals surface area (Å²) in [6, 6.07) is 7.78. The lowest BCUT2D eigenvalue weighted by molar-refractivity contribution is 0.194. The van der Waals surface area contributed by atoms with E-state index in [0.29, 0.717) is 0 Å². The molecule has 14 heavy (non-hydrogen) atoms. The van der Waals surface area contributed by atoms with Crippen LogP contribution in [0.5, 0.6) is 0 Å². The molecule has 0 heterocycles. The zero-order chi connectivity index (χ0) is 10.2. The summed E-state index contributed by atoms with van der Waals surface area (Å²) in [5.74, 6) is 0. The molecule has 0 aromatic heterocycles. The van der Waals surface area contributed by atoms with Gasteiger partial charge in [0.1, 0.15) is 0 Å². The van der Waals surface area contributed by atoms with Crippen LogP contribution in [0, 0.1) is 0 Å². The third-order valence-corrected chi connectivity index (χ3v) is 2.29. The standard InChI is InChI=1S/C11H16ClNO/c1-14-9-5-4-8-13-11-7-3-2-6-10(11)12/h2-3,6-7,13H,4-5,8-9H2,1H3. The van der Waals surface area contributed by atoms with Crippen molar-refractivity contribution in [2.24, 2.45) is 0 Å². The van der Waals surface area contributed by atoms with Crippen LogP contribution < -0.4 is 5.32 Å². The Kier molecular flexibility index (Phi) is 5.42. The molecule has 0 aliphatic heterocycles. The maximum absolute atomic E-state index is 5.98. The second kappa shape index (κ2) is 6.68. The van der Waals surface area contributed by atoms with Gasteiger partial charge < -0.3 is 10.1 Å². The van der Waals surface area contributed by atoms with Gasteiger partial charge in [0, 0.05) is 20.3 Å². The molecule has 1 aromatic carbocycles. The average molecular weight is 214 g/mol. The molecular weight excluding hydrogens is 198 g/mol. The fourth-order valence-electron chi connectivity index (χ4n) is 1.20. The van der Waals surface area contributed by atoms with Gasteiger partial charge in [-0.15, -0.1) is 0 Å². The van der Waals surface area contributed by atoms with Crippen molar-refractivity contribution in [1.82, 2.24) is 0 Å². The zero-order valence-electron chi connectivity index (χ0n) is 8.42. The molecule has 0 radical (unpaired) electrons. The van der Waals surface area contributed by atoms with E-state index in [9.17, 15) is 0 Å². The summed E-state index contributed by atoms with van der Waals surface area (Å²) in [6.45, 7) is 1.76. The maximum Gasteiger partial charge on any atom is 0.0637 e. The highest BCUT2D eigenvalue weighted by atomic mass is 35.5. The Labute approximate surface area is 90.2 Å². The van der Waals surface area contributed by atoms with Gasteiger partial charge in [0.2, 0.25) is 0 Å². The summed E-state index contributed by atoms with van der Waals surface area (Å²) >= 11 is 5.98. The monoisotopic (exact) mass is 213 g/mol. The van der Waals surface area contributed by atoms with E-state index in [1.807, 2.05) is 24.3 Å². The van der Waals surface area contributed by atoms with Crippen molar-refractivity contribution in [2.45, 2.75) is 12.8 Å². The van der Waals surface area contributed by atoms with E-state index < -0.39 is 0 Å². The van der Waals surface area contributed by atoms with E-state index in [2.05, 4.69) is 5.32 Å². The molecule has 1 aromatic rings. The number of unbranched alkanes of at least 4 members (excludes halogenated alkanes) is 1. The highest BCUT2D eigenvalue weighted by Crippen LogP contribution is 2.20. The smallest absolute Gasteiger partial charge is 0.0637 e. The lowest BCUT2D eigenvalue weighted by atomic mass is 10.3. The highest BCUT2D eigenvalue weighted by Gasteiger charge is 1.96. The summed E-state index contributed by atoms with van der Waals surface area (Å²) in [6.07, 6.45) is 2.17. The lowest BCUT2D eigenvalue weighted by Crippen LogP contribution is -2.03. The molecule has 0 amide bonds. The minimum atomic E-state index is 0.777. The highest BCUT2D eigenvalue weighted by molar-refractivity contribution is 6.33. The Morgan fingerprint density at radius 1 is 1.29 bits per heavy atom. The van der Waals surface area contributed by atoms with E-state index in [4.69, 9.17) is 16.3 Å². The number of benzene rings is 1. The average Bonchev–Trinajstić information content (AvgIpc) is 2.20. The van der Waals surface area contributed by atoms with E-state index in [-0.39, 0.29) is 0 Å². The van der Waals surface area contributed by atoms with Gasteiger partial charge in [0.25, 0.3) is 0 Å². The molecule has 3 heteroatoms. The van der Waals surface area contributed by atoms with Crippen LogP contribution in [0.3, 0.4) is 0 Å². The summed E-state index contributed by atoms with van der Waals surface area (Å²) in [5, 5.41) is 4.06. The normalized spacial score (nSPS) is 10.1. The van der Waals surface area contributed by atoms with E-state index in [1.54, 1.807) is 7.11 Å². The minimum Gasteiger partial charge on any atom is -0.385 e. The molecule has 0 saturated heterocycles. The number of hydrogen-bond acceptors (Lipinski definition) is 2. The molecule has 1 rings (SSSR count). The predicted molar refractivity (Wildman–Crippen MR) is 61.1 cm³/mol. The van der Waals surface area contributed by atoms with Crippen molar-refractivity contribution in [3.8, 4) is 0 Å². The molecule has 0 fully saturated rings. The van der Waals surface area contributed by atoms with Gasteiger partial charge in [0.15, 0.2) is 0 Å². The van der Waals surface area contributed by atoms with Crippen molar-refractivity contribution in [3.05, 3.63) is 29.3 Å². The Morgan fingerprint density at radius 2 is 2.07 bits per heavy atom. The Bertz CT molecular complexity index is 265. The van der Waals surface area contributed by atoms with Crippen LogP contribution >= 0.6 is 11.6 Å². The van der Waals surface area contributed by atoms with Crippen LogP contribution in [0.25, 0.3) is 0 Å². The third-order valence-electron chi connectivity index (χ3n) is 1.96. The molecular formula is C11H16ClNO. The summed E-state index contributed by atoms with van der Waals surface area (Å²) in [5.41, 5.74) is 1.01. The Morgan fingerprint density at radius 3 is 2.79 bits per heavy atom. The Balaban J connectivity index is 2.21. The maximum atomic E-state index is 5.98. The van der Waals surface area contributed by atoms with Gasteiger partial charge in [0.05, 0.1) is 10.7 Å². The lowest BCUT2D eigenvalue weighted by Gasteiger charge is -2.07. The number of rotatable bonds is 6. The third kappa shape index (κ3) is 3.99. The van der Waals surface area contributed by atoms with Crippen molar-refractivity contribution in [1.29, 1.82) is 0 Å². The van der Waals surface area contributed by atoms with Crippen molar-refractivity contribution in [2.75, 3.05) is 25.6 Å². The van der Waals surface area contributed by atoms with Crippen molar-refractivity contribution >= 4 is 17.3 Å². The van der Waals surface area contributed by atoms with Gasteiger partial charge in [-0.1, -0.05) is 23.7 Å². The van der Waals surface area contributed by atoms with Gasteiger partial charge in [-0.05, 0) is 25.0 Å². The van der Waals surface area contributed by atoms with Crippen molar-refractivity contribution < 1.29 is 4.74 Å². The first-order valence-electron chi connectivity index (χ1n) is 4.82. The number of para-hydroxylation sites is 1. The first-order valence-corrected chi connectivity index (χ1v) is 5.19. The summed E-state index contributed by atoms with van der Waals surface area (Å²) < 4.78 is 4.96. The summed E-state index contributed by atoms with van der Waals surface area (Å²) in [4.78, 5) is 0. The van der Waals surface area contributed by atoms with E-state index >= 15 is 0 Å². The number of anilines is 1. The van der Waals surface area contributed by atoms with Gasteiger partial charge >= 0.3 is 0 Å². The summed E-state index contributed by atoms with van der Waals surface area (Å²) in [7, 11) is 1.72. The van der Waals surface area contributed by atoms with Crippen LogP contribution in [0.2, 0.25) is 5.02 Å². The molecule has 0 saturated carbocycles. The number of ether oxygens (including phenoxy) is 1. The van der Waals surface area contributed by atoms with Gasteiger partial charge in [-0.25, -0.2) is 0 Å². The van der Waals surface area contributed by atoms with Crippen LogP contribution in [0.15, 0.2) is 24.3 Å². The number of nitrogens with one attached hydrogen (secondary N) is 1. The molecule has 0 unspecified atom stereocenters. The van der Waals surface area contributed by atoms with Crippen LogP contribution in [0.1, 0.15) is 12.8 Å². The van der Waals surface area contributed by atoms with E-state index in [0.717, 1.165) is 36.7 Å². The minimum absolute atomic E-state index is 0.777. The predicted octanol–water partition coefficient (Wildman–Crippen LogP) is 3.18. The molecule has 2 nitrogen and oxygen atoms in total. The molecule has 0 aliphatic carbocycles. The molecule has 78 valence electrons. The first-order chi connectivity index (χ1) is 6.84. The molecule has 1 N–H and O–H groups in total. The van der Waals surface area contributed by atoms with Crippen molar-refractivity contribution in [3.63, 3.8) is 0 Å². The topological polar surface area (TPSA) is 21.3 Å². The molecule has 0 bridgehead atoms.